The number of fused-ring (bicyclic) bond motifs is 1. The molecule has 0 radical (unpaired) electrons. The Morgan fingerprint density at radius 2 is 1.92 bits per heavy atom. The van der Waals surface area contributed by atoms with Crippen molar-refractivity contribution in [3.8, 4) is 0 Å². The molecule has 6 heteroatoms. The molecular weight excluding hydrogens is 318 g/mol. The molecule has 0 atom stereocenters. The molecule has 4 rings (SSSR count). The molecule has 0 spiro atoms. The fraction of sp³-hybridized carbons (Fsp3) is 0.316. The van der Waals surface area contributed by atoms with Crippen molar-refractivity contribution in [1.82, 2.24) is 15.5 Å². The van der Waals surface area contributed by atoms with E-state index in [-0.39, 0.29) is 5.91 Å². The first kappa shape index (κ1) is 15.8. The summed E-state index contributed by atoms with van der Waals surface area (Å²) in [5.41, 5.74) is 0.387. The third-order valence-corrected chi connectivity index (χ3v) is 4.75. The Kier molecular flexibility index (Phi) is 4.19. The lowest BCUT2D eigenvalue weighted by Gasteiger charge is -2.35. The SMILES string of the molecule is O=C(Cc1cccc2ccccc12)NC1(c2ncon2)CCOCC1. The zero-order chi connectivity index (χ0) is 17.1. The molecule has 2 heterocycles. The number of rotatable bonds is 4. The highest BCUT2D eigenvalue weighted by atomic mass is 16.5. The van der Waals surface area contributed by atoms with Gasteiger partial charge < -0.3 is 14.6 Å². The molecule has 1 saturated heterocycles. The van der Waals surface area contributed by atoms with Gasteiger partial charge in [-0.2, -0.15) is 4.98 Å². The Hall–Kier alpha value is -2.73. The third-order valence-electron chi connectivity index (χ3n) is 4.75. The summed E-state index contributed by atoms with van der Waals surface area (Å²) in [6, 6.07) is 14.1. The van der Waals surface area contributed by atoms with Crippen LogP contribution >= 0.6 is 0 Å². The molecule has 2 aromatic carbocycles. The Balaban J connectivity index is 1.58. The summed E-state index contributed by atoms with van der Waals surface area (Å²) in [7, 11) is 0. The maximum atomic E-state index is 12.8. The molecule has 0 aliphatic carbocycles. The van der Waals surface area contributed by atoms with Crippen molar-refractivity contribution in [2.75, 3.05) is 13.2 Å². The predicted octanol–water partition coefficient (Wildman–Crippen LogP) is 2.59. The van der Waals surface area contributed by atoms with E-state index in [2.05, 4.69) is 27.6 Å². The van der Waals surface area contributed by atoms with Gasteiger partial charge >= 0.3 is 0 Å². The zero-order valence-electron chi connectivity index (χ0n) is 13.8. The smallest absolute Gasteiger partial charge is 0.225 e. The minimum Gasteiger partial charge on any atom is -0.381 e. The van der Waals surface area contributed by atoms with Crippen LogP contribution in [0.15, 0.2) is 53.4 Å². The molecule has 0 bridgehead atoms. The predicted molar refractivity (Wildman–Crippen MR) is 91.8 cm³/mol. The van der Waals surface area contributed by atoms with Crippen LogP contribution < -0.4 is 5.32 Å². The van der Waals surface area contributed by atoms with Gasteiger partial charge in [0.25, 0.3) is 0 Å². The number of hydrogen-bond donors (Lipinski definition) is 1. The molecule has 1 fully saturated rings. The number of carbonyl (C=O) groups is 1. The number of carbonyl (C=O) groups excluding carboxylic acids is 1. The van der Waals surface area contributed by atoms with Crippen molar-refractivity contribution >= 4 is 16.7 Å². The summed E-state index contributed by atoms with van der Waals surface area (Å²) in [6.45, 7) is 1.12. The zero-order valence-corrected chi connectivity index (χ0v) is 13.8. The van der Waals surface area contributed by atoms with Crippen LogP contribution in [-0.2, 0) is 21.5 Å². The van der Waals surface area contributed by atoms with Crippen LogP contribution in [0.25, 0.3) is 10.8 Å². The Morgan fingerprint density at radius 1 is 1.12 bits per heavy atom. The standard InChI is InChI=1S/C19H19N3O3/c23-17(12-15-6-3-5-14-4-1-2-7-16(14)15)21-19(8-10-24-11-9-19)18-20-13-25-22-18/h1-7,13H,8-12H2,(H,21,23). The monoisotopic (exact) mass is 337 g/mol. The van der Waals surface area contributed by atoms with Gasteiger partial charge in [0, 0.05) is 26.1 Å². The number of nitrogens with zero attached hydrogens (tertiary/aromatic N) is 2. The molecular formula is C19H19N3O3. The van der Waals surface area contributed by atoms with Crippen LogP contribution in [0, 0.1) is 0 Å². The van der Waals surface area contributed by atoms with Gasteiger partial charge in [-0.25, -0.2) is 0 Å². The van der Waals surface area contributed by atoms with Gasteiger partial charge in [0.15, 0.2) is 5.82 Å². The normalized spacial score (nSPS) is 16.6. The first-order valence-corrected chi connectivity index (χ1v) is 8.39. The largest absolute Gasteiger partial charge is 0.381 e. The van der Waals surface area contributed by atoms with E-state index in [0.717, 1.165) is 16.3 Å². The van der Waals surface area contributed by atoms with E-state index >= 15 is 0 Å². The molecule has 1 aliphatic heterocycles. The quantitative estimate of drug-likeness (QED) is 0.792. The van der Waals surface area contributed by atoms with Gasteiger partial charge in [-0.1, -0.05) is 47.6 Å². The van der Waals surface area contributed by atoms with Crippen molar-refractivity contribution < 1.29 is 14.1 Å². The van der Waals surface area contributed by atoms with Crippen LogP contribution in [0.3, 0.4) is 0 Å². The Bertz CT molecular complexity index is 865. The van der Waals surface area contributed by atoms with E-state index in [1.807, 2.05) is 30.3 Å². The molecule has 1 aromatic heterocycles. The van der Waals surface area contributed by atoms with Crippen LogP contribution in [0.2, 0.25) is 0 Å². The maximum Gasteiger partial charge on any atom is 0.225 e. The fourth-order valence-corrected chi connectivity index (χ4v) is 3.44. The Morgan fingerprint density at radius 3 is 2.72 bits per heavy atom. The van der Waals surface area contributed by atoms with E-state index in [4.69, 9.17) is 9.26 Å². The van der Waals surface area contributed by atoms with Crippen LogP contribution in [0.1, 0.15) is 24.2 Å². The average molecular weight is 337 g/mol. The molecule has 3 aromatic rings. The van der Waals surface area contributed by atoms with Crippen molar-refractivity contribution in [3.63, 3.8) is 0 Å². The Labute approximate surface area is 145 Å². The number of aromatic nitrogens is 2. The molecule has 1 N–H and O–H groups in total. The fourth-order valence-electron chi connectivity index (χ4n) is 3.44. The first-order chi connectivity index (χ1) is 12.3. The van der Waals surface area contributed by atoms with E-state index in [0.29, 0.717) is 38.3 Å². The summed E-state index contributed by atoms with van der Waals surface area (Å²) in [5.74, 6) is 0.463. The maximum absolute atomic E-state index is 12.8. The summed E-state index contributed by atoms with van der Waals surface area (Å²) in [4.78, 5) is 17.0. The van der Waals surface area contributed by atoms with E-state index in [1.54, 1.807) is 0 Å². The number of amides is 1. The van der Waals surface area contributed by atoms with Gasteiger partial charge in [0.05, 0.1) is 6.42 Å². The minimum absolute atomic E-state index is 0.0527. The van der Waals surface area contributed by atoms with Gasteiger partial charge in [0.2, 0.25) is 12.3 Å². The van der Waals surface area contributed by atoms with Crippen molar-refractivity contribution in [1.29, 1.82) is 0 Å². The van der Waals surface area contributed by atoms with Gasteiger partial charge in [-0.05, 0) is 16.3 Å². The number of benzene rings is 2. The van der Waals surface area contributed by atoms with Gasteiger partial charge in [-0.15, -0.1) is 0 Å². The number of nitrogens with one attached hydrogen (secondary N) is 1. The first-order valence-electron chi connectivity index (χ1n) is 8.39. The third kappa shape index (κ3) is 3.13. The summed E-state index contributed by atoms with van der Waals surface area (Å²) < 4.78 is 10.3. The molecule has 0 unspecified atom stereocenters. The summed E-state index contributed by atoms with van der Waals surface area (Å²) in [6.07, 6.45) is 2.87. The second-order valence-corrected chi connectivity index (χ2v) is 6.31. The van der Waals surface area contributed by atoms with E-state index < -0.39 is 5.54 Å². The molecule has 25 heavy (non-hydrogen) atoms. The van der Waals surface area contributed by atoms with Crippen LogP contribution in [0.4, 0.5) is 0 Å². The number of hydrogen-bond acceptors (Lipinski definition) is 5. The van der Waals surface area contributed by atoms with Crippen LogP contribution in [-0.4, -0.2) is 29.3 Å². The lowest BCUT2D eigenvalue weighted by atomic mass is 9.88. The molecule has 1 amide bonds. The number of ether oxygens (including phenoxy) is 1. The van der Waals surface area contributed by atoms with Gasteiger partial charge in [-0.3, -0.25) is 4.79 Å². The van der Waals surface area contributed by atoms with E-state index in [9.17, 15) is 4.79 Å². The topological polar surface area (TPSA) is 77.3 Å². The molecule has 6 nitrogen and oxygen atoms in total. The van der Waals surface area contributed by atoms with Crippen molar-refractivity contribution in [2.45, 2.75) is 24.8 Å². The molecule has 128 valence electrons. The second kappa shape index (κ2) is 6.64. The van der Waals surface area contributed by atoms with E-state index in [1.165, 1.54) is 6.39 Å². The lowest BCUT2D eigenvalue weighted by Crippen LogP contribution is -2.50. The van der Waals surface area contributed by atoms with Crippen molar-refractivity contribution in [2.24, 2.45) is 0 Å². The highest BCUT2D eigenvalue weighted by Crippen LogP contribution is 2.30. The molecule has 1 aliphatic rings. The highest BCUT2D eigenvalue weighted by molar-refractivity contribution is 5.90. The van der Waals surface area contributed by atoms with Crippen LogP contribution in [0.5, 0.6) is 0 Å². The second-order valence-electron chi connectivity index (χ2n) is 6.31. The summed E-state index contributed by atoms with van der Waals surface area (Å²) >= 11 is 0. The lowest BCUT2D eigenvalue weighted by molar-refractivity contribution is -0.124. The van der Waals surface area contributed by atoms with Crippen molar-refractivity contribution in [3.05, 3.63) is 60.2 Å². The minimum atomic E-state index is -0.618. The van der Waals surface area contributed by atoms with Gasteiger partial charge in [0.1, 0.15) is 5.54 Å². The molecule has 0 saturated carbocycles. The highest BCUT2D eigenvalue weighted by Gasteiger charge is 2.39. The average Bonchev–Trinajstić information content (AvgIpc) is 3.18. The summed E-state index contributed by atoms with van der Waals surface area (Å²) in [5, 5.41) is 9.34.